The molecule has 3 amide bonds. The van der Waals surface area contributed by atoms with E-state index in [9.17, 15) is 33.8 Å². The van der Waals surface area contributed by atoms with Gasteiger partial charge in [0.05, 0.1) is 17.8 Å². The minimum atomic E-state index is -1.11. The zero-order valence-corrected chi connectivity index (χ0v) is 31.1. The Hall–Kier alpha value is -4.73. The van der Waals surface area contributed by atoms with Gasteiger partial charge in [0.15, 0.2) is 0 Å². The van der Waals surface area contributed by atoms with Gasteiger partial charge in [-0.25, -0.2) is 18.3 Å². The predicted molar refractivity (Wildman–Crippen MR) is 198 cm³/mol. The van der Waals surface area contributed by atoms with Crippen molar-refractivity contribution >= 4 is 23.7 Å². The molecule has 4 rings (SSSR count). The molecule has 1 aromatic heterocycles. The monoisotopic (exact) mass is 753 g/mol. The number of hydrogen-bond acceptors (Lipinski definition) is 8. The maximum atomic E-state index is 15.0. The number of amides is 3. The zero-order chi connectivity index (χ0) is 39.6. The fourth-order valence-corrected chi connectivity index (χ4v) is 7.01. The number of aliphatic carboxylic acids is 1. The maximum absolute atomic E-state index is 15.0. The van der Waals surface area contributed by atoms with Crippen LogP contribution in [0.25, 0.3) is 5.69 Å². The molecular weight excluding hydrogens is 700 g/mol. The molecule has 0 spiro atoms. The summed E-state index contributed by atoms with van der Waals surface area (Å²) in [6.45, 7) is 5.23. The Kier molecular flexibility index (Phi) is 14.8. The summed E-state index contributed by atoms with van der Waals surface area (Å²) in [4.78, 5) is 52.8. The first kappa shape index (κ1) is 42.0. The molecule has 0 radical (unpaired) electrons. The van der Waals surface area contributed by atoms with Gasteiger partial charge in [-0.1, -0.05) is 51.1 Å². The van der Waals surface area contributed by atoms with E-state index in [2.05, 4.69) is 10.6 Å². The lowest BCUT2D eigenvalue weighted by Gasteiger charge is -2.40. The van der Waals surface area contributed by atoms with Crippen LogP contribution in [0.5, 0.6) is 0 Å². The van der Waals surface area contributed by atoms with E-state index >= 15 is 4.39 Å². The lowest BCUT2D eigenvalue weighted by molar-refractivity contribution is -0.142. The van der Waals surface area contributed by atoms with Gasteiger partial charge in [0.2, 0.25) is 17.7 Å². The van der Waals surface area contributed by atoms with Crippen LogP contribution in [0.15, 0.2) is 54.7 Å². The fourth-order valence-electron chi connectivity index (χ4n) is 7.01. The first-order valence-electron chi connectivity index (χ1n) is 18.4. The summed E-state index contributed by atoms with van der Waals surface area (Å²) < 4.78 is 30.5. The molecule has 1 fully saturated rings. The smallest absolute Gasteiger partial charge is 0.326 e. The Morgan fingerprint density at radius 1 is 1.06 bits per heavy atom. The van der Waals surface area contributed by atoms with E-state index in [0.717, 1.165) is 23.8 Å². The van der Waals surface area contributed by atoms with Gasteiger partial charge >= 0.3 is 5.97 Å². The van der Waals surface area contributed by atoms with Crippen molar-refractivity contribution in [3.8, 4) is 5.69 Å². The van der Waals surface area contributed by atoms with Crippen LogP contribution >= 0.6 is 0 Å². The number of halogens is 2. The lowest BCUT2D eigenvalue weighted by Crippen LogP contribution is -2.49. The van der Waals surface area contributed by atoms with Gasteiger partial charge in [-0.05, 0) is 74.6 Å². The van der Waals surface area contributed by atoms with Crippen molar-refractivity contribution in [3.63, 3.8) is 0 Å². The summed E-state index contributed by atoms with van der Waals surface area (Å²) in [6.07, 6.45) is 4.75. The normalized spacial score (nSPS) is 17.4. The molecule has 1 aliphatic carbocycles. The molecule has 0 bridgehead atoms. The van der Waals surface area contributed by atoms with Crippen LogP contribution in [-0.2, 0) is 25.6 Å². The molecule has 8 N–H and O–H groups in total. The fraction of sp³-hybridized carbons (Fsp3) is 0.513. The van der Waals surface area contributed by atoms with Crippen LogP contribution in [0, 0.1) is 23.0 Å². The molecule has 0 aliphatic heterocycles. The number of aliphatic hydroxyl groups excluding tert-OH is 1. The van der Waals surface area contributed by atoms with Crippen LogP contribution in [0.2, 0.25) is 0 Å². The van der Waals surface area contributed by atoms with Gasteiger partial charge in [-0.15, -0.1) is 0 Å². The molecule has 1 heterocycles. The lowest BCUT2D eigenvalue weighted by atomic mass is 9.81. The first-order valence-corrected chi connectivity index (χ1v) is 18.4. The number of carbonyl (C=O) groups is 4. The standard InChI is InChI=1S/C39H53F2N7O6/c1-39(2,3)35(34-26(19-24-9-5-4-6-10-24)22-48(46-34)32-21-27(40)13-15-29(32)41)47(33(50)23-49)18-16-30(43)37(52)44-28-14-12-25(20-28)36(51)45-31(38(53)54)11-7-8-17-42/h4-6,9-10,13,15,21-22,25,28,30-31,35,49H,7-8,11-12,14,16-20,23,42-43H2,1-3H3,(H,44,52)(H,45,51)(H,53,54)/t25-,28+,30+,31+,35+/m1/s1. The minimum Gasteiger partial charge on any atom is -0.480 e. The SMILES string of the molecule is CC(C)(C)[C@H](c1nn(-c2cc(F)ccc2F)cc1Cc1ccccc1)N(CC[C@H](N)C(=O)N[C@H]1CC[C@@H](C(=O)N[C@@H](CCCCN)C(=O)O)C1)C(=O)CO. The number of rotatable bonds is 18. The van der Waals surface area contributed by atoms with E-state index in [1.807, 2.05) is 51.1 Å². The largest absolute Gasteiger partial charge is 0.480 e. The van der Waals surface area contributed by atoms with Gasteiger partial charge in [0.1, 0.15) is 30.0 Å². The second-order valence-electron chi connectivity index (χ2n) is 15.1. The van der Waals surface area contributed by atoms with Crippen molar-refractivity contribution in [1.82, 2.24) is 25.3 Å². The highest BCUT2D eigenvalue weighted by atomic mass is 19.1. The molecule has 1 saturated carbocycles. The van der Waals surface area contributed by atoms with Gasteiger partial charge in [0.25, 0.3) is 0 Å². The van der Waals surface area contributed by atoms with E-state index < -0.39 is 65.5 Å². The van der Waals surface area contributed by atoms with Crippen molar-refractivity contribution in [2.24, 2.45) is 22.8 Å². The third-order valence-corrected chi connectivity index (χ3v) is 9.79. The van der Waals surface area contributed by atoms with E-state index in [0.29, 0.717) is 56.3 Å². The van der Waals surface area contributed by atoms with E-state index in [1.54, 1.807) is 6.20 Å². The summed E-state index contributed by atoms with van der Waals surface area (Å²) in [5.74, 6) is -4.42. The van der Waals surface area contributed by atoms with Crippen molar-refractivity contribution in [3.05, 3.63) is 83.2 Å². The van der Waals surface area contributed by atoms with E-state index in [4.69, 9.17) is 16.6 Å². The number of nitrogens with zero attached hydrogens (tertiary/aromatic N) is 3. The van der Waals surface area contributed by atoms with Crippen molar-refractivity contribution in [2.75, 3.05) is 19.7 Å². The molecule has 1 aliphatic rings. The number of benzene rings is 2. The molecule has 15 heteroatoms. The molecule has 3 aromatic rings. The van der Waals surface area contributed by atoms with Gasteiger partial charge in [-0.3, -0.25) is 14.4 Å². The highest BCUT2D eigenvalue weighted by Gasteiger charge is 2.39. The highest BCUT2D eigenvalue weighted by molar-refractivity contribution is 5.86. The number of nitrogens with two attached hydrogens (primary N) is 2. The third-order valence-electron chi connectivity index (χ3n) is 9.79. The summed E-state index contributed by atoms with van der Waals surface area (Å²) in [5.41, 5.74) is 13.0. The summed E-state index contributed by atoms with van der Waals surface area (Å²) in [6, 6.07) is 9.31. The second kappa shape index (κ2) is 19.0. The topological polar surface area (TPSA) is 206 Å². The Bertz CT molecular complexity index is 1750. The van der Waals surface area contributed by atoms with Crippen LogP contribution in [0.1, 0.15) is 88.6 Å². The number of aliphatic hydroxyl groups is 1. The Balaban J connectivity index is 1.51. The number of aromatic nitrogens is 2. The zero-order valence-electron chi connectivity index (χ0n) is 31.1. The van der Waals surface area contributed by atoms with Crippen LogP contribution in [0.4, 0.5) is 8.78 Å². The van der Waals surface area contributed by atoms with Crippen LogP contribution < -0.4 is 22.1 Å². The van der Waals surface area contributed by atoms with Crippen molar-refractivity contribution in [1.29, 1.82) is 0 Å². The average molecular weight is 754 g/mol. The van der Waals surface area contributed by atoms with Crippen molar-refractivity contribution < 1.29 is 38.2 Å². The van der Waals surface area contributed by atoms with E-state index in [1.165, 1.54) is 9.58 Å². The second-order valence-corrected chi connectivity index (χ2v) is 15.1. The number of hydrogen-bond donors (Lipinski definition) is 6. The van der Waals surface area contributed by atoms with Gasteiger partial charge in [-0.2, -0.15) is 5.10 Å². The Labute approximate surface area is 314 Å². The Morgan fingerprint density at radius 3 is 2.43 bits per heavy atom. The van der Waals surface area contributed by atoms with Gasteiger partial charge < -0.3 is 37.2 Å². The molecule has 5 atom stereocenters. The third kappa shape index (κ3) is 11.1. The minimum absolute atomic E-state index is 0.0110. The van der Waals surface area contributed by atoms with Crippen molar-refractivity contribution in [2.45, 2.75) is 96.3 Å². The number of carbonyl (C=O) groups excluding carboxylic acids is 3. The summed E-state index contributed by atoms with van der Waals surface area (Å²) in [5, 5.41) is 29.9. The Morgan fingerprint density at radius 2 is 1.78 bits per heavy atom. The molecule has 0 unspecified atom stereocenters. The van der Waals surface area contributed by atoms with Crippen LogP contribution in [-0.4, -0.2) is 86.4 Å². The number of nitrogens with one attached hydrogen (secondary N) is 2. The van der Waals surface area contributed by atoms with E-state index in [-0.39, 0.29) is 37.0 Å². The maximum Gasteiger partial charge on any atom is 0.326 e. The number of carboxylic acid groups (broad SMARTS) is 1. The molecule has 13 nitrogen and oxygen atoms in total. The van der Waals surface area contributed by atoms with Crippen LogP contribution in [0.3, 0.4) is 0 Å². The molecule has 0 saturated heterocycles. The molecule has 54 heavy (non-hydrogen) atoms. The summed E-state index contributed by atoms with van der Waals surface area (Å²) in [7, 11) is 0. The molecular formula is C39H53F2N7O6. The predicted octanol–water partition coefficient (Wildman–Crippen LogP) is 3.35. The number of carboxylic acids is 1. The summed E-state index contributed by atoms with van der Waals surface area (Å²) >= 11 is 0. The number of unbranched alkanes of at least 4 members (excludes halogenated alkanes) is 1. The quantitative estimate of drug-likeness (QED) is 0.105. The van der Waals surface area contributed by atoms with Gasteiger partial charge in [0, 0.05) is 42.8 Å². The average Bonchev–Trinajstić information content (AvgIpc) is 3.77. The molecule has 294 valence electrons. The highest BCUT2D eigenvalue weighted by Crippen LogP contribution is 2.40. The first-order chi connectivity index (χ1) is 25.6. The molecule has 2 aromatic carbocycles.